The molecule has 2 heteroatoms. The van der Waals surface area contributed by atoms with Crippen molar-refractivity contribution in [1.29, 1.82) is 0 Å². The second-order valence-electron chi connectivity index (χ2n) is 3.35. The molecule has 0 amide bonds. The lowest BCUT2D eigenvalue weighted by atomic mass is 9.94. The van der Waals surface area contributed by atoms with Gasteiger partial charge >= 0.3 is 0 Å². The Balaban J connectivity index is 2.86. The van der Waals surface area contributed by atoms with Crippen LogP contribution in [0.3, 0.4) is 0 Å². The molecule has 0 nitrogen and oxygen atoms in total. The Labute approximate surface area is 93.9 Å². The van der Waals surface area contributed by atoms with Crippen molar-refractivity contribution in [2.75, 3.05) is 0 Å². The van der Waals surface area contributed by atoms with Gasteiger partial charge in [0, 0.05) is 11.2 Å². The van der Waals surface area contributed by atoms with Crippen LogP contribution in [0.2, 0.25) is 0 Å². The Morgan fingerprint density at radius 1 is 1.43 bits per heavy atom. The first-order valence-corrected chi connectivity index (χ1v) is 8.77. The Morgan fingerprint density at radius 2 is 2.07 bits per heavy atom. The lowest BCUT2D eigenvalue weighted by Gasteiger charge is -2.22. The Bertz CT molecular complexity index is 267. The third kappa shape index (κ3) is 2.76. The molecule has 2 unspecified atom stereocenters. The molecule has 1 rings (SSSR count). The van der Waals surface area contributed by atoms with Crippen LogP contribution in [0, 0.1) is 0 Å². The van der Waals surface area contributed by atoms with E-state index >= 15 is 0 Å². The van der Waals surface area contributed by atoms with Crippen molar-refractivity contribution in [2.45, 2.75) is 24.5 Å². The van der Waals surface area contributed by atoms with Crippen LogP contribution in [0.1, 0.15) is 24.8 Å². The highest BCUT2D eigenvalue weighted by atomic mass is 32.4. The van der Waals surface area contributed by atoms with Gasteiger partial charge in [-0.2, -0.15) is 11.2 Å². The van der Waals surface area contributed by atoms with E-state index in [1.165, 1.54) is 21.4 Å². The standard InChI is InChI=1S/C12H18SSi/c1-3-11(12(4-2)13-14)10-8-6-5-7-9-10/h3,5-9,11-12H,1,4H2,2,14H3. The van der Waals surface area contributed by atoms with Gasteiger partial charge in [0.15, 0.2) is 0 Å². The molecule has 14 heavy (non-hydrogen) atoms. The van der Waals surface area contributed by atoms with E-state index in [0.717, 1.165) is 0 Å². The predicted octanol–water partition coefficient (Wildman–Crippen LogP) is 2.75. The van der Waals surface area contributed by atoms with Crippen LogP contribution in [-0.4, -0.2) is 14.6 Å². The lowest BCUT2D eigenvalue weighted by Crippen LogP contribution is -2.12. The number of rotatable bonds is 5. The van der Waals surface area contributed by atoms with Gasteiger partial charge in [-0.05, 0) is 12.0 Å². The van der Waals surface area contributed by atoms with Crippen LogP contribution < -0.4 is 0 Å². The third-order valence-electron chi connectivity index (χ3n) is 2.54. The molecule has 0 aliphatic heterocycles. The number of hydrogen-bond acceptors (Lipinski definition) is 1. The van der Waals surface area contributed by atoms with E-state index in [9.17, 15) is 0 Å². The minimum Gasteiger partial charge on any atom is -0.193 e. The van der Waals surface area contributed by atoms with Crippen molar-refractivity contribution in [3.05, 3.63) is 48.6 Å². The maximum absolute atomic E-state index is 3.96. The second-order valence-corrected chi connectivity index (χ2v) is 5.85. The Kier molecular flexibility index (Phi) is 5.05. The van der Waals surface area contributed by atoms with Crippen LogP contribution in [-0.2, 0) is 0 Å². The summed E-state index contributed by atoms with van der Waals surface area (Å²) in [4.78, 5) is 0. The molecule has 0 radical (unpaired) electrons. The van der Waals surface area contributed by atoms with E-state index in [1.54, 1.807) is 0 Å². The maximum Gasteiger partial charge on any atom is 0.0698 e. The third-order valence-corrected chi connectivity index (χ3v) is 5.59. The van der Waals surface area contributed by atoms with Crippen molar-refractivity contribution in [1.82, 2.24) is 0 Å². The molecule has 0 saturated heterocycles. The van der Waals surface area contributed by atoms with Crippen molar-refractivity contribution in [2.24, 2.45) is 0 Å². The summed E-state index contributed by atoms with van der Waals surface area (Å²) in [7, 11) is 1.20. The summed E-state index contributed by atoms with van der Waals surface area (Å²) in [6, 6.07) is 10.7. The average Bonchev–Trinajstić information content (AvgIpc) is 2.27. The summed E-state index contributed by atoms with van der Waals surface area (Å²) in [6.45, 7) is 6.22. The van der Waals surface area contributed by atoms with E-state index in [-0.39, 0.29) is 0 Å². The van der Waals surface area contributed by atoms with E-state index in [1.807, 2.05) is 0 Å². The highest BCUT2D eigenvalue weighted by Gasteiger charge is 2.16. The first-order chi connectivity index (χ1) is 6.83. The van der Waals surface area contributed by atoms with Crippen LogP contribution >= 0.6 is 11.2 Å². The summed E-state index contributed by atoms with van der Waals surface area (Å²) in [5.74, 6) is 0.517. The molecule has 0 saturated carbocycles. The van der Waals surface area contributed by atoms with Gasteiger partial charge in [-0.15, -0.1) is 6.58 Å². The maximum atomic E-state index is 3.96. The van der Waals surface area contributed by atoms with Crippen LogP contribution in [0.25, 0.3) is 0 Å². The fourth-order valence-corrected chi connectivity index (χ4v) is 4.52. The lowest BCUT2D eigenvalue weighted by molar-refractivity contribution is 0.742. The first kappa shape index (κ1) is 11.6. The Hall–Kier alpha value is -0.473. The smallest absolute Gasteiger partial charge is 0.0698 e. The number of allylic oxidation sites excluding steroid dienone is 1. The van der Waals surface area contributed by atoms with Crippen molar-refractivity contribution < 1.29 is 0 Å². The summed E-state index contributed by atoms with van der Waals surface area (Å²) < 4.78 is 0. The van der Waals surface area contributed by atoms with Crippen LogP contribution in [0.4, 0.5) is 0 Å². The summed E-state index contributed by atoms with van der Waals surface area (Å²) >= 11 is 2.07. The summed E-state index contributed by atoms with van der Waals surface area (Å²) in [5.41, 5.74) is 1.40. The number of hydrogen-bond donors (Lipinski definition) is 0. The van der Waals surface area contributed by atoms with Gasteiger partial charge in [0.2, 0.25) is 0 Å². The zero-order valence-electron chi connectivity index (χ0n) is 8.94. The molecular weight excluding hydrogens is 204 g/mol. The molecule has 0 fully saturated rings. The van der Waals surface area contributed by atoms with E-state index in [0.29, 0.717) is 11.2 Å². The minimum atomic E-state index is 0.517. The molecule has 0 spiro atoms. The predicted molar refractivity (Wildman–Crippen MR) is 71.0 cm³/mol. The molecule has 1 aromatic rings. The van der Waals surface area contributed by atoms with Gasteiger partial charge in [-0.25, -0.2) is 0 Å². The van der Waals surface area contributed by atoms with Crippen molar-refractivity contribution in [3.8, 4) is 0 Å². The summed E-state index contributed by atoms with van der Waals surface area (Å²) in [5, 5.41) is 0.710. The van der Waals surface area contributed by atoms with Gasteiger partial charge in [-0.3, -0.25) is 0 Å². The highest BCUT2D eigenvalue weighted by molar-refractivity contribution is 8.20. The van der Waals surface area contributed by atoms with Gasteiger partial charge in [0.25, 0.3) is 0 Å². The molecule has 1 aromatic carbocycles. The first-order valence-electron chi connectivity index (χ1n) is 5.03. The molecule has 0 heterocycles. The highest BCUT2D eigenvalue weighted by Crippen LogP contribution is 2.29. The fraction of sp³-hybridized carbons (Fsp3) is 0.333. The quantitative estimate of drug-likeness (QED) is 0.545. The molecule has 0 N–H and O–H groups in total. The van der Waals surface area contributed by atoms with Gasteiger partial charge in [0.1, 0.15) is 0 Å². The van der Waals surface area contributed by atoms with Crippen LogP contribution in [0.5, 0.6) is 0 Å². The van der Waals surface area contributed by atoms with Crippen molar-refractivity contribution >= 4 is 20.6 Å². The van der Waals surface area contributed by atoms with E-state index in [2.05, 4.69) is 61.1 Å². The van der Waals surface area contributed by atoms with Gasteiger partial charge < -0.3 is 0 Å². The van der Waals surface area contributed by atoms with Gasteiger partial charge in [-0.1, -0.05) is 43.3 Å². The normalized spacial score (nSPS) is 14.9. The Morgan fingerprint density at radius 3 is 2.50 bits per heavy atom. The topological polar surface area (TPSA) is 0 Å². The molecule has 0 aromatic heterocycles. The average molecular weight is 222 g/mol. The minimum absolute atomic E-state index is 0.517. The zero-order valence-corrected chi connectivity index (χ0v) is 11.8. The monoisotopic (exact) mass is 222 g/mol. The number of benzene rings is 1. The van der Waals surface area contributed by atoms with Gasteiger partial charge in [0.05, 0.1) is 9.39 Å². The molecule has 0 aliphatic rings. The largest absolute Gasteiger partial charge is 0.193 e. The molecule has 0 aliphatic carbocycles. The second kappa shape index (κ2) is 6.09. The fourth-order valence-electron chi connectivity index (χ4n) is 1.74. The summed E-state index contributed by atoms with van der Waals surface area (Å²) in [6.07, 6.45) is 3.31. The molecule has 2 atom stereocenters. The van der Waals surface area contributed by atoms with E-state index in [4.69, 9.17) is 0 Å². The molecule has 76 valence electrons. The van der Waals surface area contributed by atoms with Crippen LogP contribution in [0.15, 0.2) is 43.0 Å². The zero-order chi connectivity index (χ0) is 10.4. The van der Waals surface area contributed by atoms with E-state index < -0.39 is 0 Å². The SMILES string of the molecule is C=CC(c1ccccc1)C(CC)S[SiH3]. The van der Waals surface area contributed by atoms with Crippen molar-refractivity contribution in [3.63, 3.8) is 0 Å². The molecular formula is C12H18SSi. The molecule has 0 bridgehead atoms.